The van der Waals surface area contributed by atoms with Gasteiger partial charge in [0, 0.05) is 18.3 Å². The molecule has 0 bridgehead atoms. The molecule has 0 aliphatic heterocycles. The summed E-state index contributed by atoms with van der Waals surface area (Å²) in [6, 6.07) is 18.9. The van der Waals surface area contributed by atoms with Crippen LogP contribution >= 0.6 is 0 Å². The second kappa shape index (κ2) is 7.92. The molecular weight excluding hydrogens is 376 g/mol. The zero-order chi connectivity index (χ0) is 20.3. The van der Waals surface area contributed by atoms with E-state index >= 15 is 0 Å². The summed E-state index contributed by atoms with van der Waals surface area (Å²) in [5, 5.41) is 4.75. The summed E-state index contributed by atoms with van der Waals surface area (Å²) < 4.78 is 26.3. The van der Waals surface area contributed by atoms with Crippen molar-refractivity contribution in [3.05, 3.63) is 72.3 Å². The molecule has 0 fully saturated rings. The van der Waals surface area contributed by atoms with E-state index < -0.39 is 15.9 Å². The Balaban J connectivity index is 1.70. The van der Waals surface area contributed by atoms with E-state index in [0.717, 1.165) is 15.1 Å². The minimum atomic E-state index is -3.84. The third-order valence-corrected chi connectivity index (χ3v) is 6.19. The molecule has 0 aromatic heterocycles. The van der Waals surface area contributed by atoms with Gasteiger partial charge >= 0.3 is 0 Å². The molecule has 1 N–H and O–H groups in total. The first-order chi connectivity index (χ1) is 13.3. The molecule has 0 spiro atoms. The first-order valence-corrected chi connectivity index (χ1v) is 10.1. The van der Waals surface area contributed by atoms with Gasteiger partial charge in [0.25, 0.3) is 0 Å². The number of nitrogens with one attached hydrogen (secondary N) is 1. The Kier molecular flexibility index (Phi) is 5.58. The molecule has 0 aliphatic carbocycles. The number of benzene rings is 3. The SMILES string of the molecule is CC(=O)c1ccc(S(=O)(=O)N(C)CC(=O)Nc2ccc3ccccc3c2)cc1. The summed E-state index contributed by atoms with van der Waals surface area (Å²) in [5.41, 5.74) is 1.02. The molecule has 0 aliphatic rings. The van der Waals surface area contributed by atoms with Crippen LogP contribution in [-0.2, 0) is 14.8 Å². The number of rotatable bonds is 6. The predicted octanol–water partition coefficient (Wildman–Crippen LogP) is 3.30. The van der Waals surface area contributed by atoms with Gasteiger partial charge in [-0.05, 0) is 42.0 Å². The second-order valence-corrected chi connectivity index (χ2v) is 8.50. The van der Waals surface area contributed by atoms with E-state index in [2.05, 4.69) is 5.32 Å². The van der Waals surface area contributed by atoms with Crippen LogP contribution in [0.25, 0.3) is 10.8 Å². The molecule has 0 saturated heterocycles. The fourth-order valence-corrected chi connectivity index (χ4v) is 3.92. The van der Waals surface area contributed by atoms with E-state index in [-0.39, 0.29) is 17.2 Å². The number of nitrogens with zero attached hydrogens (tertiary/aromatic N) is 1. The third kappa shape index (κ3) is 4.27. The smallest absolute Gasteiger partial charge is 0.243 e. The lowest BCUT2D eigenvalue weighted by Crippen LogP contribution is -2.35. The average molecular weight is 396 g/mol. The van der Waals surface area contributed by atoms with Crippen LogP contribution in [0.15, 0.2) is 71.6 Å². The third-order valence-electron chi connectivity index (χ3n) is 4.37. The number of carbonyl (C=O) groups is 2. The van der Waals surface area contributed by atoms with Crippen LogP contribution in [0.5, 0.6) is 0 Å². The van der Waals surface area contributed by atoms with Crippen molar-refractivity contribution < 1.29 is 18.0 Å². The maximum absolute atomic E-state index is 12.6. The van der Waals surface area contributed by atoms with Crippen molar-refractivity contribution in [2.24, 2.45) is 0 Å². The molecular formula is C21H20N2O4S. The molecule has 7 heteroatoms. The highest BCUT2D eigenvalue weighted by Gasteiger charge is 2.23. The quantitative estimate of drug-likeness (QED) is 0.648. The van der Waals surface area contributed by atoms with Crippen LogP contribution < -0.4 is 5.32 Å². The molecule has 3 rings (SSSR count). The number of hydrogen-bond acceptors (Lipinski definition) is 4. The summed E-state index contributed by atoms with van der Waals surface area (Å²) in [6.45, 7) is 1.08. The van der Waals surface area contributed by atoms with Crippen LogP contribution in [-0.4, -0.2) is 38.0 Å². The number of anilines is 1. The van der Waals surface area contributed by atoms with Gasteiger partial charge in [0.05, 0.1) is 11.4 Å². The zero-order valence-electron chi connectivity index (χ0n) is 15.5. The van der Waals surface area contributed by atoms with Gasteiger partial charge in [-0.3, -0.25) is 9.59 Å². The van der Waals surface area contributed by atoms with E-state index in [9.17, 15) is 18.0 Å². The Morgan fingerprint density at radius 1 is 0.929 bits per heavy atom. The molecule has 0 atom stereocenters. The average Bonchev–Trinajstić information content (AvgIpc) is 2.67. The highest BCUT2D eigenvalue weighted by molar-refractivity contribution is 7.89. The van der Waals surface area contributed by atoms with Crippen molar-refractivity contribution >= 4 is 38.2 Å². The molecule has 144 valence electrons. The van der Waals surface area contributed by atoms with Crippen molar-refractivity contribution in [1.29, 1.82) is 0 Å². The van der Waals surface area contributed by atoms with Crippen LogP contribution in [0.2, 0.25) is 0 Å². The minimum Gasteiger partial charge on any atom is -0.325 e. The van der Waals surface area contributed by atoms with E-state index in [1.807, 2.05) is 36.4 Å². The number of ketones is 1. The zero-order valence-corrected chi connectivity index (χ0v) is 16.4. The standard InChI is InChI=1S/C21H20N2O4S/c1-15(24)16-8-11-20(12-9-16)28(26,27)23(2)14-21(25)22-19-10-7-17-5-3-4-6-18(17)13-19/h3-13H,14H2,1-2H3,(H,22,25). The summed E-state index contributed by atoms with van der Waals surface area (Å²) in [6.07, 6.45) is 0. The normalized spacial score (nSPS) is 11.5. The number of sulfonamides is 1. The largest absolute Gasteiger partial charge is 0.325 e. The molecule has 0 heterocycles. The second-order valence-electron chi connectivity index (χ2n) is 6.45. The summed E-state index contributed by atoms with van der Waals surface area (Å²) >= 11 is 0. The fraction of sp³-hybridized carbons (Fsp3) is 0.143. The highest BCUT2D eigenvalue weighted by Crippen LogP contribution is 2.19. The van der Waals surface area contributed by atoms with Crippen LogP contribution in [0.3, 0.4) is 0 Å². The Morgan fingerprint density at radius 3 is 2.21 bits per heavy atom. The van der Waals surface area contributed by atoms with Crippen LogP contribution in [0.1, 0.15) is 17.3 Å². The number of Topliss-reactive ketones (excluding diaryl/α,β-unsaturated/α-hetero) is 1. The Hall–Kier alpha value is -3.03. The van der Waals surface area contributed by atoms with Gasteiger partial charge in [-0.25, -0.2) is 8.42 Å². The molecule has 6 nitrogen and oxygen atoms in total. The fourth-order valence-electron chi connectivity index (χ4n) is 2.80. The molecule has 0 radical (unpaired) electrons. The van der Waals surface area contributed by atoms with E-state index in [0.29, 0.717) is 11.3 Å². The van der Waals surface area contributed by atoms with Gasteiger partial charge in [0.15, 0.2) is 5.78 Å². The van der Waals surface area contributed by atoms with Gasteiger partial charge in [-0.2, -0.15) is 4.31 Å². The van der Waals surface area contributed by atoms with E-state index in [4.69, 9.17) is 0 Å². The Bertz CT molecular complexity index is 1140. The van der Waals surface area contributed by atoms with E-state index in [1.165, 1.54) is 38.2 Å². The van der Waals surface area contributed by atoms with E-state index in [1.54, 1.807) is 6.07 Å². The maximum atomic E-state index is 12.6. The van der Waals surface area contributed by atoms with Crippen molar-refractivity contribution in [2.45, 2.75) is 11.8 Å². The maximum Gasteiger partial charge on any atom is 0.243 e. The Morgan fingerprint density at radius 2 is 1.57 bits per heavy atom. The first-order valence-electron chi connectivity index (χ1n) is 8.63. The van der Waals surface area contributed by atoms with Crippen molar-refractivity contribution in [3.8, 4) is 0 Å². The topological polar surface area (TPSA) is 83.6 Å². The first kappa shape index (κ1) is 19.7. The van der Waals surface area contributed by atoms with Gasteiger partial charge in [-0.15, -0.1) is 0 Å². The van der Waals surface area contributed by atoms with Gasteiger partial charge in [0.2, 0.25) is 15.9 Å². The minimum absolute atomic E-state index is 0.0264. The number of amides is 1. The molecule has 28 heavy (non-hydrogen) atoms. The lowest BCUT2D eigenvalue weighted by atomic mass is 10.1. The number of likely N-dealkylation sites (N-methyl/N-ethyl adjacent to an activating group) is 1. The van der Waals surface area contributed by atoms with Gasteiger partial charge in [0.1, 0.15) is 0 Å². The van der Waals surface area contributed by atoms with Gasteiger partial charge in [-0.1, -0.05) is 42.5 Å². The molecule has 3 aromatic rings. The summed E-state index contributed by atoms with van der Waals surface area (Å²) in [5.74, 6) is -0.589. The molecule has 0 saturated carbocycles. The van der Waals surface area contributed by atoms with Crippen LogP contribution in [0, 0.1) is 0 Å². The van der Waals surface area contributed by atoms with Crippen molar-refractivity contribution in [1.82, 2.24) is 4.31 Å². The number of hydrogen-bond donors (Lipinski definition) is 1. The number of fused-ring (bicyclic) bond motifs is 1. The highest BCUT2D eigenvalue weighted by atomic mass is 32.2. The molecule has 1 amide bonds. The molecule has 3 aromatic carbocycles. The predicted molar refractivity (Wildman–Crippen MR) is 109 cm³/mol. The lowest BCUT2D eigenvalue weighted by molar-refractivity contribution is -0.116. The number of carbonyl (C=O) groups excluding carboxylic acids is 2. The summed E-state index contributed by atoms with van der Waals surface area (Å²) in [7, 11) is -2.50. The summed E-state index contributed by atoms with van der Waals surface area (Å²) in [4.78, 5) is 23.7. The van der Waals surface area contributed by atoms with Crippen LogP contribution in [0.4, 0.5) is 5.69 Å². The molecule has 0 unspecified atom stereocenters. The van der Waals surface area contributed by atoms with Gasteiger partial charge < -0.3 is 5.32 Å². The van der Waals surface area contributed by atoms with Crippen molar-refractivity contribution in [3.63, 3.8) is 0 Å². The monoisotopic (exact) mass is 396 g/mol. The lowest BCUT2D eigenvalue weighted by Gasteiger charge is -2.17. The Labute approximate surface area is 163 Å². The van der Waals surface area contributed by atoms with Crippen molar-refractivity contribution in [2.75, 3.05) is 18.9 Å².